The normalized spacial score (nSPS) is 22.2. The average molecular weight is 379 g/mol. The van der Waals surface area contributed by atoms with E-state index in [9.17, 15) is 9.59 Å². The van der Waals surface area contributed by atoms with Crippen LogP contribution in [-0.2, 0) is 9.59 Å². The van der Waals surface area contributed by atoms with Crippen LogP contribution in [0.25, 0.3) is 0 Å². The van der Waals surface area contributed by atoms with Gasteiger partial charge in [0.25, 0.3) is 5.91 Å². The number of fused-ring (bicyclic) bond motifs is 1. The van der Waals surface area contributed by atoms with E-state index in [-0.39, 0.29) is 25.0 Å². The first-order valence-electron chi connectivity index (χ1n) is 9.51. The molecule has 3 aliphatic rings. The largest absolute Gasteiger partial charge is 0.454 e. The van der Waals surface area contributed by atoms with E-state index >= 15 is 0 Å². The van der Waals surface area contributed by atoms with Crippen LogP contribution < -0.4 is 19.3 Å². The molecule has 7 nitrogen and oxygen atoms in total. The Bertz CT molecular complexity index is 909. The fourth-order valence-electron chi connectivity index (χ4n) is 4.13. The second-order valence-electron chi connectivity index (χ2n) is 7.18. The fraction of sp³-hybridized carbons (Fsp3) is 0.333. The van der Waals surface area contributed by atoms with Gasteiger partial charge in [-0.2, -0.15) is 0 Å². The lowest BCUT2D eigenvalue weighted by Crippen LogP contribution is -2.52. The molecule has 0 radical (unpaired) electrons. The number of anilines is 2. The molecule has 144 valence electrons. The Balaban J connectivity index is 1.29. The highest BCUT2D eigenvalue weighted by Crippen LogP contribution is 2.37. The molecule has 2 saturated heterocycles. The van der Waals surface area contributed by atoms with E-state index in [1.54, 1.807) is 18.2 Å². The van der Waals surface area contributed by atoms with E-state index in [0.717, 1.165) is 26.2 Å². The third-order valence-corrected chi connectivity index (χ3v) is 5.61. The summed E-state index contributed by atoms with van der Waals surface area (Å²) >= 11 is 0. The van der Waals surface area contributed by atoms with Gasteiger partial charge >= 0.3 is 0 Å². The summed E-state index contributed by atoms with van der Waals surface area (Å²) in [6.07, 6.45) is 0.221. The number of piperazine rings is 1. The molecule has 3 aliphatic heterocycles. The lowest BCUT2D eigenvalue weighted by molar-refractivity contribution is -0.123. The SMILES string of the molecule is O=C1C[C@H](N2CCN(c3ccccc3)CC2)C(=O)N1c1ccc2c(c1)OCO2. The lowest BCUT2D eigenvalue weighted by Gasteiger charge is -2.38. The number of para-hydroxylation sites is 1. The van der Waals surface area contributed by atoms with Crippen molar-refractivity contribution in [3.63, 3.8) is 0 Å². The first-order valence-corrected chi connectivity index (χ1v) is 9.51. The highest BCUT2D eigenvalue weighted by Gasteiger charge is 2.43. The third-order valence-electron chi connectivity index (χ3n) is 5.61. The van der Waals surface area contributed by atoms with Gasteiger partial charge in [0, 0.05) is 37.9 Å². The zero-order chi connectivity index (χ0) is 19.1. The summed E-state index contributed by atoms with van der Waals surface area (Å²) in [6, 6.07) is 15.1. The summed E-state index contributed by atoms with van der Waals surface area (Å²) in [7, 11) is 0. The van der Waals surface area contributed by atoms with Crippen LogP contribution in [0.15, 0.2) is 48.5 Å². The van der Waals surface area contributed by atoms with E-state index < -0.39 is 6.04 Å². The van der Waals surface area contributed by atoms with Crippen molar-refractivity contribution in [3.05, 3.63) is 48.5 Å². The van der Waals surface area contributed by atoms with E-state index in [1.165, 1.54) is 10.6 Å². The maximum Gasteiger partial charge on any atom is 0.251 e. The molecule has 28 heavy (non-hydrogen) atoms. The molecule has 7 heteroatoms. The second kappa shape index (κ2) is 6.83. The first-order chi connectivity index (χ1) is 13.7. The van der Waals surface area contributed by atoms with Gasteiger partial charge in [-0.3, -0.25) is 14.5 Å². The van der Waals surface area contributed by atoms with Crippen LogP contribution in [0.1, 0.15) is 6.42 Å². The van der Waals surface area contributed by atoms with Gasteiger partial charge in [-0.05, 0) is 24.3 Å². The first kappa shape index (κ1) is 17.1. The Morgan fingerprint density at radius 3 is 2.36 bits per heavy atom. The number of hydrogen-bond acceptors (Lipinski definition) is 6. The van der Waals surface area contributed by atoms with Gasteiger partial charge in [0.15, 0.2) is 11.5 Å². The van der Waals surface area contributed by atoms with E-state index in [4.69, 9.17) is 9.47 Å². The Morgan fingerprint density at radius 1 is 0.821 bits per heavy atom. The van der Waals surface area contributed by atoms with Crippen molar-refractivity contribution in [1.82, 2.24) is 4.90 Å². The maximum atomic E-state index is 13.0. The van der Waals surface area contributed by atoms with Crippen molar-refractivity contribution in [2.45, 2.75) is 12.5 Å². The molecule has 2 fully saturated rings. The molecule has 0 bridgehead atoms. The summed E-state index contributed by atoms with van der Waals surface area (Å²) in [5.41, 5.74) is 1.74. The van der Waals surface area contributed by atoms with Crippen molar-refractivity contribution >= 4 is 23.2 Å². The third kappa shape index (κ3) is 2.88. The van der Waals surface area contributed by atoms with Crippen LogP contribution in [0.4, 0.5) is 11.4 Å². The highest BCUT2D eigenvalue weighted by molar-refractivity contribution is 6.22. The van der Waals surface area contributed by atoms with Crippen molar-refractivity contribution in [2.24, 2.45) is 0 Å². The minimum Gasteiger partial charge on any atom is -0.454 e. The Labute approximate surface area is 163 Å². The topological polar surface area (TPSA) is 62.3 Å². The number of amides is 2. The van der Waals surface area contributed by atoms with Crippen molar-refractivity contribution in [1.29, 1.82) is 0 Å². The summed E-state index contributed by atoms with van der Waals surface area (Å²) in [6.45, 7) is 3.36. The minimum atomic E-state index is -0.393. The monoisotopic (exact) mass is 379 g/mol. The smallest absolute Gasteiger partial charge is 0.251 e. The van der Waals surface area contributed by atoms with Crippen LogP contribution >= 0.6 is 0 Å². The molecule has 5 rings (SSSR count). The van der Waals surface area contributed by atoms with Gasteiger partial charge in [-0.15, -0.1) is 0 Å². The molecule has 0 aliphatic carbocycles. The highest BCUT2D eigenvalue weighted by atomic mass is 16.7. The quantitative estimate of drug-likeness (QED) is 0.759. The maximum absolute atomic E-state index is 13.0. The minimum absolute atomic E-state index is 0.156. The Hall–Kier alpha value is -3.06. The molecular weight excluding hydrogens is 358 g/mol. The molecular formula is C21H21N3O4. The van der Waals surface area contributed by atoms with E-state index in [1.807, 2.05) is 18.2 Å². The zero-order valence-electron chi connectivity index (χ0n) is 15.4. The van der Waals surface area contributed by atoms with Crippen LogP contribution in [0.3, 0.4) is 0 Å². The Morgan fingerprint density at radius 2 is 1.57 bits per heavy atom. The van der Waals surface area contributed by atoms with Gasteiger partial charge in [0.05, 0.1) is 18.2 Å². The summed E-state index contributed by atoms with van der Waals surface area (Å²) in [5.74, 6) is 0.880. The van der Waals surface area contributed by atoms with Crippen LogP contribution in [0.5, 0.6) is 11.5 Å². The second-order valence-corrected chi connectivity index (χ2v) is 7.18. The number of carbonyl (C=O) groups is 2. The number of rotatable bonds is 3. The standard InChI is InChI=1S/C21H21N3O4/c25-20-13-17(23-10-8-22(9-11-23)15-4-2-1-3-5-15)21(26)24(20)16-6-7-18-19(12-16)28-14-27-18/h1-7,12,17H,8-11,13-14H2/t17-/m0/s1. The molecule has 2 amide bonds. The number of nitrogens with zero attached hydrogens (tertiary/aromatic N) is 3. The van der Waals surface area contributed by atoms with Crippen molar-refractivity contribution < 1.29 is 19.1 Å². The zero-order valence-corrected chi connectivity index (χ0v) is 15.4. The van der Waals surface area contributed by atoms with Crippen LogP contribution in [0.2, 0.25) is 0 Å². The summed E-state index contributed by atoms with van der Waals surface area (Å²) < 4.78 is 10.7. The molecule has 3 heterocycles. The van der Waals surface area contributed by atoms with Gasteiger partial charge in [-0.1, -0.05) is 18.2 Å². The number of hydrogen-bond donors (Lipinski definition) is 0. The molecule has 0 aromatic heterocycles. The molecule has 2 aromatic rings. The molecule has 2 aromatic carbocycles. The Kier molecular flexibility index (Phi) is 4.16. The molecule has 0 unspecified atom stereocenters. The van der Waals surface area contributed by atoms with Crippen LogP contribution in [-0.4, -0.2) is 55.7 Å². The van der Waals surface area contributed by atoms with Gasteiger partial charge in [0.1, 0.15) is 0 Å². The van der Waals surface area contributed by atoms with E-state index in [0.29, 0.717) is 17.2 Å². The lowest BCUT2D eigenvalue weighted by atomic mass is 10.1. The number of benzene rings is 2. The molecule has 0 N–H and O–H groups in total. The molecule has 0 saturated carbocycles. The van der Waals surface area contributed by atoms with Gasteiger partial charge < -0.3 is 14.4 Å². The van der Waals surface area contributed by atoms with Crippen LogP contribution in [0, 0.1) is 0 Å². The van der Waals surface area contributed by atoms with Crippen molar-refractivity contribution in [2.75, 3.05) is 42.8 Å². The fourth-order valence-corrected chi connectivity index (χ4v) is 4.13. The predicted octanol–water partition coefficient (Wildman–Crippen LogP) is 1.87. The summed E-state index contributed by atoms with van der Waals surface area (Å²) in [4.78, 5) is 31.4. The number of ether oxygens (including phenoxy) is 2. The summed E-state index contributed by atoms with van der Waals surface area (Å²) in [5, 5.41) is 0. The number of imide groups is 1. The van der Waals surface area contributed by atoms with Gasteiger partial charge in [0.2, 0.25) is 12.7 Å². The predicted molar refractivity (Wildman–Crippen MR) is 104 cm³/mol. The number of carbonyl (C=O) groups excluding carboxylic acids is 2. The van der Waals surface area contributed by atoms with Gasteiger partial charge in [-0.25, -0.2) is 4.90 Å². The molecule has 1 atom stereocenters. The average Bonchev–Trinajstić information content (AvgIpc) is 3.32. The van der Waals surface area contributed by atoms with E-state index in [2.05, 4.69) is 21.9 Å². The molecule has 0 spiro atoms. The van der Waals surface area contributed by atoms with Crippen molar-refractivity contribution in [3.8, 4) is 11.5 Å².